The molecule has 1 amide bonds. The van der Waals surface area contributed by atoms with Crippen molar-refractivity contribution in [2.75, 3.05) is 0 Å². The Kier molecular flexibility index (Phi) is 2.77. The van der Waals surface area contributed by atoms with Gasteiger partial charge in [0.1, 0.15) is 5.76 Å². The van der Waals surface area contributed by atoms with E-state index in [2.05, 4.69) is 5.32 Å². The van der Waals surface area contributed by atoms with Gasteiger partial charge in [0.05, 0.1) is 11.8 Å². The highest BCUT2D eigenvalue weighted by Crippen LogP contribution is 2.19. The zero-order chi connectivity index (χ0) is 10.8. The quantitative estimate of drug-likeness (QED) is 0.780. The number of carbonyl (C=O) groups is 1. The fraction of sp³-hybridized carbons (Fsp3) is 0.545. The summed E-state index contributed by atoms with van der Waals surface area (Å²) in [4.78, 5) is 11.8. The summed E-state index contributed by atoms with van der Waals surface area (Å²) in [7, 11) is 0. The van der Waals surface area contributed by atoms with Crippen LogP contribution < -0.4 is 11.1 Å². The zero-order valence-corrected chi connectivity index (χ0v) is 8.82. The highest BCUT2D eigenvalue weighted by molar-refractivity contribution is 5.95. The molecule has 0 bridgehead atoms. The number of rotatable bonds is 3. The molecule has 0 spiro atoms. The minimum Gasteiger partial charge on any atom is -0.469 e. The molecule has 82 valence electrons. The molecule has 0 atom stereocenters. The first kappa shape index (κ1) is 10.2. The molecule has 0 aliphatic heterocycles. The molecule has 1 aromatic heterocycles. The molecule has 3 N–H and O–H groups in total. The van der Waals surface area contributed by atoms with Crippen molar-refractivity contribution in [1.82, 2.24) is 5.32 Å². The Balaban J connectivity index is 1.96. The molecule has 1 aromatic rings. The lowest BCUT2D eigenvalue weighted by atomic mass is 9.87. The van der Waals surface area contributed by atoms with E-state index in [-0.39, 0.29) is 18.0 Å². The van der Waals surface area contributed by atoms with E-state index in [4.69, 9.17) is 10.2 Å². The van der Waals surface area contributed by atoms with Crippen LogP contribution in [0.5, 0.6) is 0 Å². The normalized spacial score (nSPS) is 24.7. The van der Waals surface area contributed by atoms with Gasteiger partial charge in [-0.1, -0.05) is 6.92 Å². The molecular formula is C11H16N2O2. The molecule has 1 fully saturated rings. The molecule has 1 heterocycles. The van der Waals surface area contributed by atoms with Gasteiger partial charge in [-0.25, -0.2) is 0 Å². The van der Waals surface area contributed by atoms with Gasteiger partial charge in [-0.05, 0) is 18.9 Å². The monoisotopic (exact) mass is 208 g/mol. The summed E-state index contributed by atoms with van der Waals surface area (Å²) in [6, 6.07) is 2.21. The van der Waals surface area contributed by atoms with Crippen LogP contribution in [0.1, 0.15) is 35.9 Å². The minimum absolute atomic E-state index is 0.0440. The van der Waals surface area contributed by atoms with Gasteiger partial charge in [-0.2, -0.15) is 0 Å². The van der Waals surface area contributed by atoms with Crippen LogP contribution in [-0.2, 0) is 6.42 Å². The second-order valence-corrected chi connectivity index (χ2v) is 4.01. The summed E-state index contributed by atoms with van der Waals surface area (Å²) in [6.07, 6.45) is 4.05. The Morgan fingerprint density at radius 3 is 3.00 bits per heavy atom. The summed E-state index contributed by atoms with van der Waals surface area (Å²) in [6.45, 7) is 1.97. The maximum absolute atomic E-state index is 11.8. The van der Waals surface area contributed by atoms with Gasteiger partial charge in [-0.15, -0.1) is 0 Å². The van der Waals surface area contributed by atoms with Crippen molar-refractivity contribution in [2.45, 2.75) is 38.3 Å². The zero-order valence-electron chi connectivity index (χ0n) is 8.82. The third kappa shape index (κ3) is 2.04. The minimum atomic E-state index is -0.0440. The number of hydrogen-bond acceptors (Lipinski definition) is 3. The first-order chi connectivity index (χ1) is 7.20. The van der Waals surface area contributed by atoms with Gasteiger partial charge in [0.15, 0.2) is 0 Å². The van der Waals surface area contributed by atoms with E-state index >= 15 is 0 Å². The van der Waals surface area contributed by atoms with Crippen LogP contribution in [0.2, 0.25) is 0 Å². The number of nitrogens with one attached hydrogen (secondary N) is 1. The Morgan fingerprint density at radius 2 is 2.40 bits per heavy atom. The van der Waals surface area contributed by atoms with Crippen molar-refractivity contribution < 1.29 is 9.21 Å². The van der Waals surface area contributed by atoms with Gasteiger partial charge in [0.2, 0.25) is 0 Å². The van der Waals surface area contributed by atoms with Crippen LogP contribution >= 0.6 is 0 Å². The number of hydrogen-bond donors (Lipinski definition) is 2. The molecule has 2 rings (SSSR count). The second-order valence-electron chi connectivity index (χ2n) is 4.01. The van der Waals surface area contributed by atoms with Crippen molar-refractivity contribution in [3.63, 3.8) is 0 Å². The summed E-state index contributed by atoms with van der Waals surface area (Å²) in [5.41, 5.74) is 6.30. The van der Waals surface area contributed by atoms with Crippen molar-refractivity contribution in [3.05, 3.63) is 23.7 Å². The number of furan rings is 1. The maximum atomic E-state index is 11.8. The van der Waals surface area contributed by atoms with Gasteiger partial charge >= 0.3 is 0 Å². The molecule has 4 heteroatoms. The molecule has 0 radical (unpaired) electrons. The lowest BCUT2D eigenvalue weighted by Crippen LogP contribution is -2.50. The number of amides is 1. The lowest BCUT2D eigenvalue weighted by Gasteiger charge is -2.32. The van der Waals surface area contributed by atoms with E-state index < -0.39 is 0 Å². The maximum Gasteiger partial charge on any atom is 0.255 e. The fourth-order valence-electron chi connectivity index (χ4n) is 1.86. The summed E-state index contributed by atoms with van der Waals surface area (Å²) < 4.78 is 5.20. The Hall–Kier alpha value is -1.29. The molecule has 0 aromatic carbocycles. The lowest BCUT2D eigenvalue weighted by molar-refractivity contribution is 0.0908. The second kappa shape index (κ2) is 4.06. The first-order valence-electron chi connectivity index (χ1n) is 5.33. The molecule has 1 saturated carbocycles. The van der Waals surface area contributed by atoms with E-state index in [0.717, 1.165) is 25.0 Å². The highest BCUT2D eigenvalue weighted by Gasteiger charge is 2.28. The van der Waals surface area contributed by atoms with Crippen LogP contribution in [-0.4, -0.2) is 18.0 Å². The average Bonchev–Trinajstić information content (AvgIpc) is 2.62. The third-order valence-corrected chi connectivity index (χ3v) is 2.82. The fourth-order valence-corrected chi connectivity index (χ4v) is 1.86. The van der Waals surface area contributed by atoms with Crippen LogP contribution in [0.15, 0.2) is 16.7 Å². The number of aryl methyl sites for hydroxylation is 1. The summed E-state index contributed by atoms with van der Waals surface area (Å²) >= 11 is 0. The smallest absolute Gasteiger partial charge is 0.255 e. The van der Waals surface area contributed by atoms with Crippen LogP contribution in [0.25, 0.3) is 0 Å². The Labute approximate surface area is 88.8 Å². The molecule has 0 unspecified atom stereocenters. The van der Waals surface area contributed by atoms with Gasteiger partial charge in [-0.3, -0.25) is 4.79 Å². The molecule has 1 aliphatic carbocycles. The first-order valence-corrected chi connectivity index (χ1v) is 5.33. The van der Waals surface area contributed by atoms with Gasteiger partial charge in [0.25, 0.3) is 5.91 Å². The van der Waals surface area contributed by atoms with E-state index in [1.165, 1.54) is 0 Å². The molecule has 15 heavy (non-hydrogen) atoms. The standard InChI is InChI=1S/C11H16N2O2/c1-2-10-9(3-4-15-10)11(14)13-8-5-7(12)6-8/h3-4,7-8H,2,5-6,12H2,1H3,(H,13,14). The van der Waals surface area contributed by atoms with E-state index in [1.54, 1.807) is 12.3 Å². The number of nitrogens with two attached hydrogens (primary N) is 1. The predicted molar refractivity (Wildman–Crippen MR) is 56.5 cm³/mol. The average molecular weight is 208 g/mol. The number of carbonyl (C=O) groups excluding carboxylic acids is 1. The Bertz CT molecular complexity index is 353. The molecule has 0 saturated heterocycles. The summed E-state index contributed by atoms with van der Waals surface area (Å²) in [5.74, 6) is 0.702. The van der Waals surface area contributed by atoms with Gasteiger partial charge < -0.3 is 15.5 Å². The van der Waals surface area contributed by atoms with Crippen molar-refractivity contribution in [1.29, 1.82) is 0 Å². The molecule has 4 nitrogen and oxygen atoms in total. The van der Waals surface area contributed by atoms with Crippen molar-refractivity contribution in [2.24, 2.45) is 5.73 Å². The van der Waals surface area contributed by atoms with Crippen molar-refractivity contribution in [3.8, 4) is 0 Å². The SMILES string of the molecule is CCc1occc1C(=O)NC1CC(N)C1. The van der Waals surface area contributed by atoms with E-state index in [1.807, 2.05) is 6.92 Å². The van der Waals surface area contributed by atoms with Crippen LogP contribution in [0, 0.1) is 0 Å². The van der Waals surface area contributed by atoms with E-state index in [0.29, 0.717) is 5.56 Å². The topological polar surface area (TPSA) is 68.3 Å². The predicted octanol–water partition coefficient (Wildman–Crippen LogP) is 1.06. The largest absolute Gasteiger partial charge is 0.469 e. The van der Waals surface area contributed by atoms with E-state index in [9.17, 15) is 4.79 Å². The Morgan fingerprint density at radius 1 is 1.67 bits per heavy atom. The van der Waals surface area contributed by atoms with Crippen molar-refractivity contribution >= 4 is 5.91 Å². The molecule has 1 aliphatic rings. The van der Waals surface area contributed by atoms with Crippen LogP contribution in [0.4, 0.5) is 0 Å². The summed E-state index contributed by atoms with van der Waals surface area (Å²) in [5, 5.41) is 2.94. The molecular weight excluding hydrogens is 192 g/mol. The third-order valence-electron chi connectivity index (χ3n) is 2.82. The highest BCUT2D eigenvalue weighted by atomic mass is 16.3. The van der Waals surface area contributed by atoms with Gasteiger partial charge in [0, 0.05) is 18.5 Å². The van der Waals surface area contributed by atoms with Crippen LogP contribution in [0.3, 0.4) is 0 Å².